The molecular formula is C29H28N2O7. The predicted octanol–water partition coefficient (Wildman–Crippen LogP) is 4.22. The summed E-state index contributed by atoms with van der Waals surface area (Å²) in [6.07, 6.45) is 2.97. The highest BCUT2D eigenvalue weighted by atomic mass is 16.5. The fourth-order valence-electron chi connectivity index (χ4n) is 4.34. The second kappa shape index (κ2) is 11.2. The summed E-state index contributed by atoms with van der Waals surface area (Å²) in [7, 11) is 2.95. The van der Waals surface area contributed by atoms with Crippen molar-refractivity contribution in [3.63, 3.8) is 0 Å². The van der Waals surface area contributed by atoms with E-state index in [1.807, 2.05) is 0 Å². The van der Waals surface area contributed by atoms with Gasteiger partial charge in [0.15, 0.2) is 11.5 Å². The molecule has 1 aliphatic heterocycles. The van der Waals surface area contributed by atoms with Crippen LogP contribution in [0.2, 0.25) is 0 Å². The van der Waals surface area contributed by atoms with Crippen LogP contribution in [0.25, 0.3) is 5.76 Å². The van der Waals surface area contributed by atoms with Crippen LogP contribution in [-0.2, 0) is 25.5 Å². The van der Waals surface area contributed by atoms with E-state index in [0.29, 0.717) is 28.3 Å². The first-order valence-electron chi connectivity index (χ1n) is 12.0. The quantitative estimate of drug-likeness (QED) is 0.205. The smallest absolute Gasteiger partial charge is 0.310 e. The molecule has 1 fully saturated rings. The first-order valence-corrected chi connectivity index (χ1v) is 12.0. The van der Waals surface area contributed by atoms with Gasteiger partial charge in [0.05, 0.1) is 38.4 Å². The topological polar surface area (TPSA) is 115 Å². The highest BCUT2D eigenvalue weighted by molar-refractivity contribution is 6.51. The Hall–Kier alpha value is -4.66. The Morgan fingerprint density at radius 2 is 1.74 bits per heavy atom. The van der Waals surface area contributed by atoms with Gasteiger partial charge in [-0.05, 0) is 61.4 Å². The van der Waals surface area contributed by atoms with E-state index in [0.717, 1.165) is 0 Å². The van der Waals surface area contributed by atoms with Crippen molar-refractivity contribution < 1.29 is 33.7 Å². The SMILES string of the molecule is COc1ccc(/C(O)=C2/C(=O)C(=O)N(c3ccc(CC(=O)OC(C)C)cc3)C2c2cccnc2)cc1OC. The number of benzene rings is 2. The Morgan fingerprint density at radius 1 is 1.03 bits per heavy atom. The molecule has 4 rings (SSSR count). The number of esters is 1. The molecule has 0 spiro atoms. The number of aliphatic hydroxyl groups excluding tert-OH is 1. The number of aromatic nitrogens is 1. The molecule has 196 valence electrons. The third-order valence-corrected chi connectivity index (χ3v) is 6.03. The van der Waals surface area contributed by atoms with Crippen LogP contribution in [0, 0.1) is 0 Å². The number of ether oxygens (including phenoxy) is 3. The normalized spacial score (nSPS) is 16.6. The van der Waals surface area contributed by atoms with Gasteiger partial charge in [-0.3, -0.25) is 24.3 Å². The van der Waals surface area contributed by atoms with Crippen LogP contribution < -0.4 is 14.4 Å². The van der Waals surface area contributed by atoms with Gasteiger partial charge in [-0.15, -0.1) is 0 Å². The minimum Gasteiger partial charge on any atom is -0.507 e. The summed E-state index contributed by atoms with van der Waals surface area (Å²) in [5.74, 6) is -1.54. The van der Waals surface area contributed by atoms with Crippen molar-refractivity contribution in [3.8, 4) is 11.5 Å². The van der Waals surface area contributed by atoms with E-state index in [9.17, 15) is 19.5 Å². The van der Waals surface area contributed by atoms with Crippen LogP contribution in [0.1, 0.15) is 36.6 Å². The standard InChI is InChI=1S/C29H28N2O7/c1-17(2)38-24(32)14-18-7-10-21(11-8-18)31-26(20-6-5-13-30-16-20)25(28(34)29(31)35)27(33)19-9-12-22(36-3)23(15-19)37-4/h5-13,15-17,26,33H,14H2,1-4H3/b27-25-. The molecule has 1 saturated heterocycles. The molecule has 0 aliphatic carbocycles. The minimum absolute atomic E-state index is 0.0720. The molecule has 0 bridgehead atoms. The highest BCUT2D eigenvalue weighted by Crippen LogP contribution is 2.42. The van der Waals surface area contributed by atoms with Crippen molar-refractivity contribution in [3.05, 3.63) is 89.3 Å². The van der Waals surface area contributed by atoms with Crippen molar-refractivity contribution in [2.24, 2.45) is 0 Å². The number of hydrogen-bond acceptors (Lipinski definition) is 8. The molecule has 2 aromatic carbocycles. The van der Waals surface area contributed by atoms with Gasteiger partial charge in [0.25, 0.3) is 11.7 Å². The lowest BCUT2D eigenvalue weighted by atomic mass is 9.96. The molecule has 1 aromatic heterocycles. The van der Waals surface area contributed by atoms with E-state index in [2.05, 4.69) is 4.98 Å². The second-order valence-corrected chi connectivity index (χ2v) is 8.91. The Kier molecular flexibility index (Phi) is 7.76. The summed E-state index contributed by atoms with van der Waals surface area (Å²) in [4.78, 5) is 44.2. The van der Waals surface area contributed by atoms with Crippen LogP contribution >= 0.6 is 0 Å². The Labute approximate surface area is 220 Å². The highest BCUT2D eigenvalue weighted by Gasteiger charge is 2.47. The Balaban J connectivity index is 1.78. The number of Topliss-reactive ketones (excluding diaryl/α,β-unsaturated/α-hetero) is 1. The van der Waals surface area contributed by atoms with Gasteiger partial charge in [-0.25, -0.2) is 0 Å². The van der Waals surface area contributed by atoms with E-state index < -0.39 is 17.7 Å². The van der Waals surface area contributed by atoms with Crippen LogP contribution in [0.15, 0.2) is 72.6 Å². The fourth-order valence-corrected chi connectivity index (χ4v) is 4.34. The van der Waals surface area contributed by atoms with E-state index in [1.165, 1.54) is 25.2 Å². The molecule has 2 heterocycles. The van der Waals surface area contributed by atoms with Crippen LogP contribution in [0.5, 0.6) is 11.5 Å². The number of methoxy groups -OCH3 is 2. The molecule has 1 aliphatic rings. The molecule has 0 radical (unpaired) electrons. The molecule has 1 amide bonds. The second-order valence-electron chi connectivity index (χ2n) is 8.91. The lowest BCUT2D eigenvalue weighted by Crippen LogP contribution is -2.29. The van der Waals surface area contributed by atoms with E-state index >= 15 is 0 Å². The number of nitrogens with zero attached hydrogens (tertiary/aromatic N) is 2. The molecule has 9 nitrogen and oxygen atoms in total. The van der Waals surface area contributed by atoms with Gasteiger partial charge < -0.3 is 19.3 Å². The largest absolute Gasteiger partial charge is 0.507 e. The average molecular weight is 517 g/mol. The average Bonchev–Trinajstić information content (AvgIpc) is 3.18. The lowest BCUT2D eigenvalue weighted by molar-refractivity contribution is -0.146. The van der Waals surface area contributed by atoms with Crippen molar-refractivity contribution in [1.82, 2.24) is 4.98 Å². The minimum atomic E-state index is -0.937. The maximum absolute atomic E-state index is 13.3. The maximum atomic E-state index is 13.3. The van der Waals surface area contributed by atoms with Crippen LogP contribution in [-0.4, -0.2) is 48.1 Å². The van der Waals surface area contributed by atoms with E-state index in [-0.39, 0.29) is 35.4 Å². The fraction of sp³-hybridized carbons (Fsp3) is 0.241. The summed E-state index contributed by atoms with van der Waals surface area (Å²) >= 11 is 0. The maximum Gasteiger partial charge on any atom is 0.310 e. The van der Waals surface area contributed by atoms with Gasteiger partial charge in [-0.1, -0.05) is 18.2 Å². The number of carbonyl (C=O) groups excluding carboxylic acids is 3. The monoisotopic (exact) mass is 516 g/mol. The third kappa shape index (κ3) is 5.22. The van der Waals surface area contributed by atoms with E-state index in [1.54, 1.807) is 74.8 Å². The van der Waals surface area contributed by atoms with Gasteiger partial charge in [0, 0.05) is 23.6 Å². The molecule has 9 heteroatoms. The van der Waals surface area contributed by atoms with E-state index in [4.69, 9.17) is 14.2 Å². The van der Waals surface area contributed by atoms with Crippen molar-refractivity contribution in [2.45, 2.75) is 32.4 Å². The number of pyridine rings is 1. The first-order chi connectivity index (χ1) is 18.2. The number of rotatable bonds is 8. The summed E-state index contributed by atoms with van der Waals surface area (Å²) in [6.45, 7) is 3.55. The number of carbonyl (C=O) groups is 3. The summed E-state index contributed by atoms with van der Waals surface area (Å²) in [6, 6.07) is 13.9. The van der Waals surface area contributed by atoms with Gasteiger partial charge in [0.2, 0.25) is 0 Å². The van der Waals surface area contributed by atoms with Gasteiger partial charge in [0.1, 0.15) is 5.76 Å². The number of hydrogen-bond donors (Lipinski definition) is 1. The molecule has 1 atom stereocenters. The zero-order valence-electron chi connectivity index (χ0n) is 21.5. The third-order valence-electron chi connectivity index (χ3n) is 6.03. The Bertz CT molecular complexity index is 1380. The number of amides is 1. The molecule has 1 N–H and O–H groups in total. The van der Waals surface area contributed by atoms with Crippen molar-refractivity contribution >= 4 is 29.1 Å². The molecule has 3 aromatic rings. The number of aliphatic hydroxyl groups is 1. The molecule has 1 unspecified atom stereocenters. The first kappa shape index (κ1) is 26.4. The van der Waals surface area contributed by atoms with Crippen LogP contribution in [0.3, 0.4) is 0 Å². The number of anilines is 1. The van der Waals surface area contributed by atoms with Gasteiger partial charge in [-0.2, -0.15) is 0 Å². The van der Waals surface area contributed by atoms with Gasteiger partial charge >= 0.3 is 5.97 Å². The van der Waals surface area contributed by atoms with Crippen molar-refractivity contribution in [1.29, 1.82) is 0 Å². The zero-order valence-corrected chi connectivity index (χ0v) is 21.5. The number of ketones is 1. The lowest BCUT2D eigenvalue weighted by Gasteiger charge is -2.25. The summed E-state index contributed by atoms with van der Waals surface area (Å²) in [5.41, 5.74) is 1.86. The Morgan fingerprint density at radius 3 is 2.34 bits per heavy atom. The van der Waals surface area contributed by atoms with Crippen molar-refractivity contribution in [2.75, 3.05) is 19.1 Å². The predicted molar refractivity (Wildman–Crippen MR) is 140 cm³/mol. The molecule has 0 saturated carbocycles. The van der Waals surface area contributed by atoms with Crippen LogP contribution in [0.4, 0.5) is 5.69 Å². The molecule has 38 heavy (non-hydrogen) atoms. The zero-order chi connectivity index (χ0) is 27.4. The summed E-state index contributed by atoms with van der Waals surface area (Å²) in [5, 5.41) is 11.3. The molecular weight excluding hydrogens is 488 g/mol. The summed E-state index contributed by atoms with van der Waals surface area (Å²) < 4.78 is 15.8.